The highest BCUT2D eigenvalue weighted by Gasteiger charge is 2.06. The predicted molar refractivity (Wildman–Crippen MR) is 71.4 cm³/mol. The molecule has 0 saturated carbocycles. The maximum atomic E-state index is 13.6. The molecule has 0 aromatic heterocycles. The highest BCUT2D eigenvalue weighted by Crippen LogP contribution is 2.21. The van der Waals surface area contributed by atoms with Gasteiger partial charge in [0.1, 0.15) is 5.82 Å². The molecule has 2 rings (SSSR count). The molecule has 0 spiro atoms. The summed E-state index contributed by atoms with van der Waals surface area (Å²) in [6.45, 7) is 2.17. The number of methoxy groups -OCH3 is 1. The number of hydrogen-bond donors (Lipinski definition) is 1. The molecule has 0 amide bonds. The van der Waals surface area contributed by atoms with Gasteiger partial charge in [0, 0.05) is 6.54 Å². The minimum absolute atomic E-state index is 0.200. The Morgan fingerprint density at radius 3 is 2.53 bits per heavy atom. The van der Waals surface area contributed by atoms with Crippen LogP contribution in [-0.2, 0) is 6.54 Å². The molecule has 2 aromatic carbocycles. The first-order valence-corrected chi connectivity index (χ1v) is 5.93. The smallest absolute Gasteiger partial charge is 0.165 e. The second-order valence-corrected chi connectivity index (χ2v) is 4.25. The summed E-state index contributed by atoms with van der Waals surface area (Å²) in [6, 6.07) is 9.54. The van der Waals surface area contributed by atoms with Crippen LogP contribution in [0.5, 0.6) is 5.75 Å². The molecule has 4 heteroatoms. The first-order valence-electron chi connectivity index (χ1n) is 5.93. The standard InChI is InChI=1S/C15H15F2NO/c1-10-4-3-5-12(16)15(10)18-9-11-6-7-14(19-2)13(17)8-11/h3-8,18H,9H2,1-2H3. The van der Waals surface area contributed by atoms with Crippen molar-refractivity contribution in [1.29, 1.82) is 0 Å². The molecule has 0 aliphatic rings. The summed E-state index contributed by atoms with van der Waals surface area (Å²) in [5.74, 6) is -0.535. The van der Waals surface area contributed by atoms with Crippen LogP contribution in [0.4, 0.5) is 14.5 Å². The second-order valence-electron chi connectivity index (χ2n) is 4.25. The topological polar surface area (TPSA) is 21.3 Å². The van der Waals surface area contributed by atoms with E-state index in [1.807, 2.05) is 13.0 Å². The summed E-state index contributed by atoms with van der Waals surface area (Å²) < 4.78 is 31.9. The van der Waals surface area contributed by atoms with Gasteiger partial charge in [0.15, 0.2) is 11.6 Å². The third-order valence-electron chi connectivity index (χ3n) is 2.91. The molecule has 0 radical (unpaired) electrons. The molecule has 2 nitrogen and oxygen atoms in total. The molecule has 0 saturated heterocycles. The quantitative estimate of drug-likeness (QED) is 0.903. The van der Waals surface area contributed by atoms with Gasteiger partial charge in [0.05, 0.1) is 12.8 Å². The van der Waals surface area contributed by atoms with E-state index in [-0.39, 0.29) is 11.6 Å². The first-order chi connectivity index (χ1) is 9.11. The molecule has 0 aliphatic heterocycles. The van der Waals surface area contributed by atoms with Gasteiger partial charge in [0.2, 0.25) is 0 Å². The van der Waals surface area contributed by atoms with E-state index < -0.39 is 5.82 Å². The van der Waals surface area contributed by atoms with Crippen molar-refractivity contribution in [3.05, 3.63) is 59.2 Å². The van der Waals surface area contributed by atoms with E-state index in [1.165, 1.54) is 19.2 Å². The van der Waals surface area contributed by atoms with Gasteiger partial charge in [-0.25, -0.2) is 8.78 Å². The van der Waals surface area contributed by atoms with Crippen molar-refractivity contribution < 1.29 is 13.5 Å². The zero-order chi connectivity index (χ0) is 13.8. The Hall–Kier alpha value is -2.10. The predicted octanol–water partition coefficient (Wildman–Crippen LogP) is 3.89. The van der Waals surface area contributed by atoms with Crippen molar-refractivity contribution >= 4 is 5.69 Å². The molecule has 0 bridgehead atoms. The number of nitrogens with one attached hydrogen (secondary N) is 1. The third-order valence-corrected chi connectivity index (χ3v) is 2.91. The Balaban J connectivity index is 2.13. The summed E-state index contributed by atoms with van der Waals surface area (Å²) >= 11 is 0. The maximum Gasteiger partial charge on any atom is 0.165 e. The number of hydrogen-bond acceptors (Lipinski definition) is 2. The molecule has 0 unspecified atom stereocenters. The van der Waals surface area contributed by atoms with Gasteiger partial charge < -0.3 is 10.1 Å². The van der Waals surface area contributed by atoms with Gasteiger partial charge in [-0.05, 0) is 36.2 Å². The summed E-state index contributed by atoms with van der Waals surface area (Å²) in [6.07, 6.45) is 0. The molecule has 0 atom stereocenters. The van der Waals surface area contributed by atoms with Crippen molar-refractivity contribution in [2.24, 2.45) is 0 Å². The average Bonchev–Trinajstić information content (AvgIpc) is 2.38. The molecule has 19 heavy (non-hydrogen) atoms. The van der Waals surface area contributed by atoms with Crippen molar-refractivity contribution in [2.75, 3.05) is 12.4 Å². The molecule has 0 aliphatic carbocycles. The molecule has 0 fully saturated rings. The van der Waals surface area contributed by atoms with Crippen molar-refractivity contribution in [2.45, 2.75) is 13.5 Å². The van der Waals surface area contributed by atoms with Crippen molar-refractivity contribution in [3.8, 4) is 5.75 Å². The summed E-state index contributed by atoms with van der Waals surface area (Å²) in [4.78, 5) is 0. The Labute approximate surface area is 111 Å². The number of aryl methyl sites for hydroxylation is 1. The van der Waals surface area contributed by atoms with Crippen LogP contribution in [0.15, 0.2) is 36.4 Å². The van der Waals surface area contributed by atoms with E-state index in [4.69, 9.17) is 4.74 Å². The Bertz CT molecular complexity index is 564. The van der Waals surface area contributed by atoms with E-state index in [0.717, 1.165) is 11.1 Å². The zero-order valence-electron chi connectivity index (χ0n) is 10.8. The molecular formula is C15H15F2NO. The third kappa shape index (κ3) is 3.02. The van der Waals surface area contributed by atoms with Crippen LogP contribution in [0.1, 0.15) is 11.1 Å². The highest BCUT2D eigenvalue weighted by molar-refractivity contribution is 5.52. The Morgan fingerprint density at radius 1 is 1.11 bits per heavy atom. The van der Waals surface area contributed by atoms with E-state index in [9.17, 15) is 8.78 Å². The van der Waals surface area contributed by atoms with Crippen LogP contribution in [0.3, 0.4) is 0 Å². The number of benzene rings is 2. The van der Waals surface area contributed by atoms with Gasteiger partial charge >= 0.3 is 0 Å². The number of ether oxygens (including phenoxy) is 1. The minimum Gasteiger partial charge on any atom is -0.494 e. The molecular weight excluding hydrogens is 248 g/mol. The van der Waals surface area contributed by atoms with E-state index in [0.29, 0.717) is 12.2 Å². The SMILES string of the molecule is COc1ccc(CNc2c(C)cccc2F)cc1F. The number of halogens is 2. The monoisotopic (exact) mass is 263 g/mol. The molecule has 1 N–H and O–H groups in total. The van der Waals surface area contributed by atoms with Gasteiger partial charge in [-0.3, -0.25) is 0 Å². The minimum atomic E-state index is -0.424. The number of para-hydroxylation sites is 1. The van der Waals surface area contributed by atoms with Crippen LogP contribution in [-0.4, -0.2) is 7.11 Å². The first kappa shape index (κ1) is 13.3. The van der Waals surface area contributed by atoms with Crippen molar-refractivity contribution in [3.63, 3.8) is 0 Å². The fraction of sp³-hybridized carbons (Fsp3) is 0.200. The summed E-state index contributed by atoms with van der Waals surface area (Å²) in [5, 5.41) is 2.98. The van der Waals surface area contributed by atoms with Crippen LogP contribution in [0.25, 0.3) is 0 Å². The van der Waals surface area contributed by atoms with Gasteiger partial charge in [-0.1, -0.05) is 18.2 Å². The largest absolute Gasteiger partial charge is 0.494 e. The van der Waals surface area contributed by atoms with Crippen LogP contribution >= 0.6 is 0 Å². The lowest BCUT2D eigenvalue weighted by molar-refractivity contribution is 0.386. The number of rotatable bonds is 4. The van der Waals surface area contributed by atoms with E-state index in [1.54, 1.807) is 18.2 Å². The van der Waals surface area contributed by atoms with Crippen LogP contribution in [0.2, 0.25) is 0 Å². The lowest BCUT2D eigenvalue weighted by Gasteiger charge is -2.11. The second kappa shape index (κ2) is 5.69. The summed E-state index contributed by atoms with van der Waals surface area (Å²) in [5.41, 5.74) is 1.98. The molecule has 2 aromatic rings. The zero-order valence-corrected chi connectivity index (χ0v) is 10.8. The van der Waals surface area contributed by atoms with Gasteiger partial charge in [-0.2, -0.15) is 0 Å². The molecule has 0 heterocycles. The van der Waals surface area contributed by atoms with Gasteiger partial charge in [-0.15, -0.1) is 0 Å². The fourth-order valence-corrected chi connectivity index (χ4v) is 1.87. The van der Waals surface area contributed by atoms with Crippen LogP contribution < -0.4 is 10.1 Å². The van der Waals surface area contributed by atoms with E-state index in [2.05, 4.69) is 5.32 Å². The van der Waals surface area contributed by atoms with Crippen molar-refractivity contribution in [1.82, 2.24) is 0 Å². The average molecular weight is 263 g/mol. The van der Waals surface area contributed by atoms with Gasteiger partial charge in [0.25, 0.3) is 0 Å². The Morgan fingerprint density at radius 2 is 1.89 bits per heavy atom. The lowest BCUT2D eigenvalue weighted by atomic mass is 10.1. The lowest BCUT2D eigenvalue weighted by Crippen LogP contribution is -2.03. The molecule has 100 valence electrons. The maximum absolute atomic E-state index is 13.6. The highest BCUT2D eigenvalue weighted by atomic mass is 19.1. The number of anilines is 1. The summed E-state index contributed by atoms with van der Waals surface area (Å²) in [7, 11) is 1.42. The van der Waals surface area contributed by atoms with Crippen LogP contribution in [0, 0.1) is 18.6 Å². The Kier molecular flexibility index (Phi) is 4.00. The fourth-order valence-electron chi connectivity index (χ4n) is 1.87. The van der Waals surface area contributed by atoms with E-state index >= 15 is 0 Å². The normalized spacial score (nSPS) is 10.3.